The predicted octanol–water partition coefficient (Wildman–Crippen LogP) is 1.59. The molecule has 0 aliphatic heterocycles. The van der Waals surface area contributed by atoms with Gasteiger partial charge in [-0.05, 0) is 11.6 Å². The molecule has 4 nitrogen and oxygen atoms in total. The third-order valence-corrected chi connectivity index (χ3v) is 2.04. The number of esters is 1. The minimum atomic E-state index is -0.477. The molecule has 1 aromatic carbocycles. The summed E-state index contributed by atoms with van der Waals surface area (Å²) in [6.45, 7) is 0.229. The fourth-order valence-corrected chi connectivity index (χ4v) is 1.30. The number of benzene rings is 1. The van der Waals surface area contributed by atoms with E-state index in [2.05, 4.69) is 4.74 Å². The first-order valence-electron chi connectivity index (χ1n) is 4.75. The van der Waals surface area contributed by atoms with E-state index < -0.39 is 5.97 Å². The molecule has 0 aliphatic rings. The normalized spacial score (nSPS) is 11.2. The molecule has 0 radical (unpaired) electrons. The van der Waals surface area contributed by atoms with Crippen LogP contribution in [0, 0.1) is 0 Å². The van der Waals surface area contributed by atoms with E-state index in [1.165, 1.54) is 20.3 Å². The zero-order chi connectivity index (χ0) is 12.0. The SMILES string of the molecule is COCC(=CC(=O)OC)c1ccccc1O. The molecular formula is C12H14O4. The molecule has 0 unspecified atom stereocenters. The van der Waals surface area contributed by atoms with Gasteiger partial charge in [0.1, 0.15) is 5.75 Å². The van der Waals surface area contributed by atoms with Gasteiger partial charge in [-0.15, -0.1) is 0 Å². The molecule has 0 amide bonds. The van der Waals surface area contributed by atoms with Crippen molar-refractivity contribution >= 4 is 11.5 Å². The summed E-state index contributed by atoms with van der Waals surface area (Å²) < 4.78 is 9.51. The summed E-state index contributed by atoms with van der Waals surface area (Å²) in [5.74, 6) is -0.370. The molecule has 4 heteroatoms. The van der Waals surface area contributed by atoms with Crippen molar-refractivity contribution in [3.63, 3.8) is 0 Å². The van der Waals surface area contributed by atoms with Crippen molar-refractivity contribution in [1.29, 1.82) is 0 Å². The second kappa shape index (κ2) is 5.92. The van der Waals surface area contributed by atoms with Crippen molar-refractivity contribution in [2.45, 2.75) is 0 Å². The quantitative estimate of drug-likeness (QED) is 0.621. The third-order valence-electron chi connectivity index (χ3n) is 2.04. The standard InChI is InChI=1S/C12H14O4/c1-15-8-9(7-12(14)16-2)10-5-3-4-6-11(10)13/h3-7,13H,8H2,1-2H3. The fourth-order valence-electron chi connectivity index (χ4n) is 1.30. The highest BCUT2D eigenvalue weighted by molar-refractivity contribution is 5.92. The van der Waals surface area contributed by atoms with Gasteiger partial charge in [-0.1, -0.05) is 18.2 Å². The molecule has 16 heavy (non-hydrogen) atoms. The Labute approximate surface area is 94.1 Å². The van der Waals surface area contributed by atoms with Gasteiger partial charge in [-0.2, -0.15) is 0 Å². The van der Waals surface area contributed by atoms with E-state index >= 15 is 0 Å². The van der Waals surface area contributed by atoms with Crippen LogP contribution in [0.3, 0.4) is 0 Å². The molecule has 0 atom stereocenters. The van der Waals surface area contributed by atoms with Crippen molar-refractivity contribution in [3.05, 3.63) is 35.9 Å². The number of phenolic OH excluding ortho intramolecular Hbond substituents is 1. The lowest BCUT2D eigenvalue weighted by atomic mass is 10.1. The minimum absolute atomic E-state index is 0.106. The summed E-state index contributed by atoms with van der Waals surface area (Å²) in [5, 5.41) is 9.64. The number of carbonyl (C=O) groups excluding carboxylic acids is 1. The molecule has 86 valence electrons. The van der Waals surface area contributed by atoms with Gasteiger partial charge in [0.15, 0.2) is 0 Å². The average molecular weight is 222 g/mol. The molecule has 0 aromatic heterocycles. The van der Waals surface area contributed by atoms with Crippen LogP contribution in [-0.2, 0) is 14.3 Å². The molecule has 0 heterocycles. The topological polar surface area (TPSA) is 55.8 Å². The van der Waals surface area contributed by atoms with Gasteiger partial charge < -0.3 is 14.6 Å². The Morgan fingerprint density at radius 2 is 2.06 bits per heavy atom. The van der Waals surface area contributed by atoms with E-state index in [0.717, 1.165) is 0 Å². The van der Waals surface area contributed by atoms with Gasteiger partial charge in [-0.25, -0.2) is 4.79 Å². The maximum atomic E-state index is 11.1. The van der Waals surface area contributed by atoms with Gasteiger partial charge >= 0.3 is 5.97 Å². The predicted molar refractivity (Wildman–Crippen MR) is 60.0 cm³/mol. The summed E-state index contributed by atoms with van der Waals surface area (Å²) in [6.07, 6.45) is 1.30. The van der Waals surface area contributed by atoms with Gasteiger partial charge in [0.25, 0.3) is 0 Å². The number of aromatic hydroxyl groups is 1. The van der Waals surface area contributed by atoms with Gasteiger partial charge in [0, 0.05) is 18.7 Å². The number of ether oxygens (including phenoxy) is 2. The van der Waals surface area contributed by atoms with Crippen molar-refractivity contribution in [3.8, 4) is 5.75 Å². The highest BCUT2D eigenvalue weighted by Gasteiger charge is 2.08. The van der Waals surface area contributed by atoms with Gasteiger partial charge in [0.05, 0.1) is 13.7 Å². The lowest BCUT2D eigenvalue weighted by Crippen LogP contribution is -2.01. The number of hydrogen-bond donors (Lipinski definition) is 1. The molecule has 1 rings (SSSR count). The van der Waals surface area contributed by atoms with Crippen LogP contribution in [0.5, 0.6) is 5.75 Å². The van der Waals surface area contributed by atoms with Crippen LogP contribution < -0.4 is 0 Å². The largest absolute Gasteiger partial charge is 0.507 e. The number of methoxy groups -OCH3 is 2. The highest BCUT2D eigenvalue weighted by Crippen LogP contribution is 2.24. The first-order valence-corrected chi connectivity index (χ1v) is 4.75. The number of phenols is 1. The molecule has 0 fully saturated rings. The molecule has 0 saturated carbocycles. The number of rotatable bonds is 4. The van der Waals surface area contributed by atoms with E-state index in [-0.39, 0.29) is 12.4 Å². The van der Waals surface area contributed by atoms with Crippen LogP contribution in [0.1, 0.15) is 5.56 Å². The fraction of sp³-hybridized carbons (Fsp3) is 0.250. The van der Waals surface area contributed by atoms with Crippen LogP contribution in [0.15, 0.2) is 30.3 Å². The molecular weight excluding hydrogens is 208 g/mol. The first kappa shape index (κ1) is 12.3. The highest BCUT2D eigenvalue weighted by atomic mass is 16.5. The Hall–Kier alpha value is -1.81. The number of hydrogen-bond acceptors (Lipinski definition) is 4. The summed E-state index contributed by atoms with van der Waals surface area (Å²) in [6, 6.07) is 6.75. The van der Waals surface area contributed by atoms with Crippen molar-refractivity contribution < 1.29 is 19.4 Å². The Kier molecular flexibility index (Phi) is 4.54. The van der Waals surface area contributed by atoms with Crippen LogP contribution >= 0.6 is 0 Å². The van der Waals surface area contributed by atoms with E-state index in [1.807, 2.05) is 0 Å². The molecule has 0 bridgehead atoms. The van der Waals surface area contributed by atoms with Crippen molar-refractivity contribution in [2.75, 3.05) is 20.8 Å². The van der Waals surface area contributed by atoms with Crippen LogP contribution in [-0.4, -0.2) is 31.9 Å². The lowest BCUT2D eigenvalue weighted by molar-refractivity contribution is -0.134. The van der Waals surface area contributed by atoms with E-state index in [0.29, 0.717) is 11.1 Å². The molecule has 1 N–H and O–H groups in total. The maximum Gasteiger partial charge on any atom is 0.330 e. The molecule has 0 saturated heterocycles. The Morgan fingerprint density at radius 3 is 2.62 bits per heavy atom. The van der Waals surface area contributed by atoms with Crippen LogP contribution in [0.4, 0.5) is 0 Å². The second-order valence-corrected chi connectivity index (χ2v) is 3.14. The smallest absolute Gasteiger partial charge is 0.330 e. The van der Waals surface area contributed by atoms with Gasteiger partial charge in [-0.3, -0.25) is 0 Å². The zero-order valence-electron chi connectivity index (χ0n) is 9.27. The molecule has 0 aliphatic carbocycles. The Balaban J connectivity index is 3.07. The monoisotopic (exact) mass is 222 g/mol. The van der Waals surface area contributed by atoms with E-state index in [9.17, 15) is 9.90 Å². The van der Waals surface area contributed by atoms with Crippen LogP contribution in [0.2, 0.25) is 0 Å². The summed E-state index contributed by atoms with van der Waals surface area (Å²) in [7, 11) is 2.82. The van der Waals surface area contributed by atoms with E-state index in [1.54, 1.807) is 24.3 Å². The second-order valence-electron chi connectivity index (χ2n) is 3.14. The number of carbonyl (C=O) groups is 1. The summed E-state index contributed by atoms with van der Waals surface area (Å²) >= 11 is 0. The maximum absolute atomic E-state index is 11.1. The molecule has 1 aromatic rings. The van der Waals surface area contributed by atoms with Gasteiger partial charge in [0.2, 0.25) is 0 Å². The lowest BCUT2D eigenvalue weighted by Gasteiger charge is -2.08. The first-order chi connectivity index (χ1) is 7.69. The third kappa shape index (κ3) is 3.10. The zero-order valence-corrected chi connectivity index (χ0v) is 9.27. The average Bonchev–Trinajstić information content (AvgIpc) is 2.29. The number of para-hydroxylation sites is 1. The Morgan fingerprint density at radius 1 is 1.38 bits per heavy atom. The summed E-state index contributed by atoms with van der Waals surface area (Å²) in [5.41, 5.74) is 1.14. The van der Waals surface area contributed by atoms with Crippen LogP contribution in [0.25, 0.3) is 5.57 Å². The summed E-state index contributed by atoms with van der Waals surface area (Å²) in [4.78, 5) is 11.1. The molecule has 0 spiro atoms. The minimum Gasteiger partial charge on any atom is -0.507 e. The van der Waals surface area contributed by atoms with Crippen molar-refractivity contribution in [2.24, 2.45) is 0 Å². The Bertz CT molecular complexity index is 396. The van der Waals surface area contributed by atoms with Crippen molar-refractivity contribution in [1.82, 2.24) is 0 Å². The van der Waals surface area contributed by atoms with E-state index in [4.69, 9.17) is 4.74 Å².